The minimum atomic E-state index is 0.924. The van der Waals surface area contributed by atoms with Crippen molar-refractivity contribution in [3.05, 3.63) is 43.2 Å². The number of aryl methyl sites for hydroxylation is 1. The van der Waals surface area contributed by atoms with Crippen molar-refractivity contribution in [1.82, 2.24) is 14.8 Å². The normalized spacial score (nSPS) is 10.3. The lowest BCUT2D eigenvalue weighted by Gasteiger charge is -1.95. The van der Waals surface area contributed by atoms with Crippen LogP contribution in [0.4, 0.5) is 0 Å². The maximum absolute atomic E-state index is 4.25. The summed E-state index contributed by atoms with van der Waals surface area (Å²) in [6, 6.07) is 3.88. The van der Waals surface area contributed by atoms with Gasteiger partial charge in [-0.15, -0.1) is 0 Å². The van der Waals surface area contributed by atoms with Gasteiger partial charge in [-0.1, -0.05) is 6.07 Å². The summed E-state index contributed by atoms with van der Waals surface area (Å²) in [5.41, 5.74) is 2.88. The lowest BCUT2D eigenvalue weighted by molar-refractivity contribution is 0.768. The Morgan fingerprint density at radius 1 is 1.31 bits per heavy atom. The molecule has 0 aliphatic carbocycles. The van der Waals surface area contributed by atoms with Gasteiger partial charge in [-0.2, -0.15) is 5.10 Å². The van der Waals surface area contributed by atoms with E-state index in [9.17, 15) is 0 Å². The average molecular weight is 172 g/mol. The Balaban J connectivity index is 2.41. The van der Waals surface area contributed by atoms with E-state index >= 15 is 0 Å². The summed E-state index contributed by atoms with van der Waals surface area (Å²) in [5, 5.41) is 4.08. The molecule has 0 unspecified atom stereocenters. The summed E-state index contributed by atoms with van der Waals surface area (Å²) in [6.07, 6.45) is 5.48. The minimum Gasteiger partial charge on any atom is -0.275 e. The van der Waals surface area contributed by atoms with Crippen LogP contribution in [0.15, 0.2) is 30.7 Å². The molecule has 13 heavy (non-hydrogen) atoms. The van der Waals surface area contributed by atoms with Crippen molar-refractivity contribution in [2.75, 3.05) is 0 Å². The van der Waals surface area contributed by atoms with E-state index in [-0.39, 0.29) is 0 Å². The van der Waals surface area contributed by atoms with Gasteiger partial charge in [-0.3, -0.25) is 9.67 Å². The van der Waals surface area contributed by atoms with Gasteiger partial charge in [0.25, 0.3) is 0 Å². The predicted molar refractivity (Wildman–Crippen MR) is 50.9 cm³/mol. The molecule has 3 heteroatoms. The van der Waals surface area contributed by atoms with E-state index in [1.54, 1.807) is 17.1 Å². The van der Waals surface area contributed by atoms with Crippen LogP contribution in [0, 0.1) is 6.92 Å². The van der Waals surface area contributed by atoms with Crippen molar-refractivity contribution < 1.29 is 0 Å². The third-order valence-corrected chi connectivity index (χ3v) is 1.83. The molecule has 0 amide bonds. The molecule has 2 aromatic rings. The monoisotopic (exact) mass is 172 g/mol. The first-order valence-corrected chi connectivity index (χ1v) is 4.03. The molecule has 2 rings (SSSR count). The quantitative estimate of drug-likeness (QED) is 0.655. The van der Waals surface area contributed by atoms with E-state index in [0.29, 0.717) is 0 Å². The maximum Gasteiger partial charge on any atom is 0.0733 e. The zero-order valence-electron chi connectivity index (χ0n) is 7.44. The van der Waals surface area contributed by atoms with Crippen LogP contribution in [-0.2, 0) is 7.05 Å². The lowest BCUT2D eigenvalue weighted by atomic mass is 10.2. The van der Waals surface area contributed by atoms with Crippen LogP contribution in [-0.4, -0.2) is 14.8 Å². The molecule has 0 spiro atoms. The van der Waals surface area contributed by atoms with Crippen LogP contribution in [0.3, 0.4) is 0 Å². The Hall–Kier alpha value is -1.64. The summed E-state index contributed by atoms with van der Waals surface area (Å²) >= 11 is 0. The molecule has 65 valence electrons. The largest absolute Gasteiger partial charge is 0.275 e. The zero-order valence-corrected chi connectivity index (χ0v) is 7.44. The first kappa shape index (κ1) is 7.98. The smallest absolute Gasteiger partial charge is 0.0733 e. The first-order chi connectivity index (χ1) is 6.25. The Bertz CT molecular complexity index is 400. The molecule has 1 radical (unpaired) electrons. The van der Waals surface area contributed by atoms with Crippen molar-refractivity contribution in [2.45, 2.75) is 0 Å². The highest BCUT2D eigenvalue weighted by atomic mass is 15.2. The second kappa shape index (κ2) is 3.01. The van der Waals surface area contributed by atoms with Gasteiger partial charge in [0.2, 0.25) is 0 Å². The molecule has 3 nitrogen and oxygen atoms in total. The first-order valence-electron chi connectivity index (χ1n) is 4.03. The summed E-state index contributed by atoms with van der Waals surface area (Å²) < 4.78 is 1.76. The van der Waals surface area contributed by atoms with Gasteiger partial charge in [0.15, 0.2) is 0 Å². The molecule has 0 saturated carbocycles. The second-order valence-corrected chi connectivity index (χ2v) is 2.95. The molecule has 0 aliphatic heterocycles. The third kappa shape index (κ3) is 1.59. The van der Waals surface area contributed by atoms with Crippen LogP contribution in [0.5, 0.6) is 0 Å². The number of aromatic nitrogens is 3. The fraction of sp³-hybridized carbons (Fsp3) is 0.100. The summed E-state index contributed by atoms with van der Waals surface area (Å²) in [7, 11) is 1.89. The molecular weight excluding hydrogens is 162 g/mol. The molecule has 0 atom stereocenters. The van der Waals surface area contributed by atoms with Gasteiger partial charge < -0.3 is 0 Å². The summed E-state index contributed by atoms with van der Waals surface area (Å²) in [6.45, 7) is 3.78. The van der Waals surface area contributed by atoms with E-state index in [4.69, 9.17) is 0 Å². The Labute approximate surface area is 77.0 Å². The van der Waals surface area contributed by atoms with Gasteiger partial charge in [0, 0.05) is 25.0 Å². The molecule has 2 heterocycles. The molecule has 0 aromatic carbocycles. The highest BCUT2D eigenvalue weighted by molar-refractivity contribution is 5.56. The number of pyridine rings is 1. The fourth-order valence-corrected chi connectivity index (χ4v) is 1.15. The van der Waals surface area contributed by atoms with Gasteiger partial charge >= 0.3 is 0 Å². The van der Waals surface area contributed by atoms with Gasteiger partial charge in [0.05, 0.1) is 11.9 Å². The third-order valence-electron chi connectivity index (χ3n) is 1.83. The summed E-state index contributed by atoms with van der Waals surface area (Å²) in [4.78, 5) is 4.25. The Morgan fingerprint density at radius 3 is 2.69 bits per heavy atom. The number of hydrogen-bond acceptors (Lipinski definition) is 2. The summed E-state index contributed by atoms with van der Waals surface area (Å²) in [5.74, 6) is 0. The number of nitrogens with zero attached hydrogens (tertiary/aromatic N) is 3. The molecule has 0 aliphatic rings. The van der Waals surface area contributed by atoms with Crippen molar-refractivity contribution in [2.24, 2.45) is 7.05 Å². The number of hydrogen-bond donors (Lipinski definition) is 0. The van der Waals surface area contributed by atoms with Crippen LogP contribution >= 0.6 is 0 Å². The Kier molecular flexibility index (Phi) is 1.85. The van der Waals surface area contributed by atoms with Gasteiger partial charge in [0.1, 0.15) is 0 Å². The van der Waals surface area contributed by atoms with E-state index in [2.05, 4.69) is 17.0 Å². The zero-order chi connectivity index (χ0) is 9.26. The van der Waals surface area contributed by atoms with Crippen LogP contribution in [0.1, 0.15) is 5.56 Å². The Morgan fingerprint density at radius 2 is 2.15 bits per heavy atom. The van der Waals surface area contributed by atoms with E-state index in [0.717, 1.165) is 16.8 Å². The molecule has 0 N–H and O–H groups in total. The lowest BCUT2D eigenvalue weighted by Crippen LogP contribution is -1.84. The van der Waals surface area contributed by atoms with E-state index in [1.165, 1.54) is 0 Å². The van der Waals surface area contributed by atoms with Crippen LogP contribution < -0.4 is 0 Å². The SMILES string of the molecule is [CH2]c1ccc(-c2cnn(C)c2)nc1. The maximum atomic E-state index is 4.25. The molecule has 0 bridgehead atoms. The van der Waals surface area contributed by atoms with Crippen molar-refractivity contribution >= 4 is 0 Å². The highest BCUT2D eigenvalue weighted by Gasteiger charge is 1.99. The molecule has 2 aromatic heterocycles. The molecule has 0 fully saturated rings. The van der Waals surface area contributed by atoms with Gasteiger partial charge in [-0.05, 0) is 18.6 Å². The average Bonchev–Trinajstić information content (AvgIpc) is 2.53. The van der Waals surface area contributed by atoms with E-state index in [1.807, 2.05) is 25.4 Å². The molecule has 0 saturated heterocycles. The molecular formula is C10H10N3. The predicted octanol–water partition coefficient (Wildman–Crippen LogP) is 1.66. The van der Waals surface area contributed by atoms with E-state index < -0.39 is 0 Å². The second-order valence-electron chi connectivity index (χ2n) is 2.95. The topological polar surface area (TPSA) is 30.7 Å². The van der Waals surface area contributed by atoms with Crippen molar-refractivity contribution in [1.29, 1.82) is 0 Å². The highest BCUT2D eigenvalue weighted by Crippen LogP contribution is 2.14. The van der Waals surface area contributed by atoms with Crippen LogP contribution in [0.2, 0.25) is 0 Å². The fourth-order valence-electron chi connectivity index (χ4n) is 1.15. The number of rotatable bonds is 1. The van der Waals surface area contributed by atoms with Crippen LogP contribution in [0.25, 0.3) is 11.3 Å². The van der Waals surface area contributed by atoms with Crippen molar-refractivity contribution in [3.8, 4) is 11.3 Å². The minimum absolute atomic E-state index is 0.924. The van der Waals surface area contributed by atoms with Crippen molar-refractivity contribution in [3.63, 3.8) is 0 Å². The standard InChI is InChI=1S/C10H10N3/c1-8-3-4-10(11-5-8)9-6-12-13(2)7-9/h3-7H,1H2,2H3. The van der Waals surface area contributed by atoms with Gasteiger partial charge in [-0.25, -0.2) is 0 Å².